The van der Waals surface area contributed by atoms with Gasteiger partial charge < -0.3 is 16.2 Å². The van der Waals surface area contributed by atoms with Crippen LogP contribution in [0.15, 0.2) is 78.9 Å². The van der Waals surface area contributed by atoms with Gasteiger partial charge in [-0.2, -0.15) is 0 Å². The average molecular weight is 388 g/mol. The van der Waals surface area contributed by atoms with Crippen LogP contribution in [0.2, 0.25) is 0 Å². The molecule has 0 spiro atoms. The molecular formula is C24H24N2O3. The molecule has 3 aromatic rings. The van der Waals surface area contributed by atoms with Crippen molar-refractivity contribution in [2.75, 3.05) is 6.54 Å². The maximum Gasteiger partial charge on any atom is 0.320 e. The molecule has 0 saturated heterocycles. The molecule has 0 aliphatic carbocycles. The van der Waals surface area contributed by atoms with Crippen LogP contribution in [0.5, 0.6) is 0 Å². The van der Waals surface area contributed by atoms with Crippen molar-refractivity contribution in [3.8, 4) is 11.1 Å². The minimum Gasteiger partial charge on any atom is -0.480 e. The molecule has 0 aromatic heterocycles. The van der Waals surface area contributed by atoms with Crippen LogP contribution in [-0.2, 0) is 17.6 Å². The molecule has 1 amide bonds. The number of carbonyl (C=O) groups excluding carboxylic acids is 1. The highest BCUT2D eigenvalue weighted by molar-refractivity contribution is 5.94. The van der Waals surface area contributed by atoms with Gasteiger partial charge in [0.25, 0.3) is 5.91 Å². The van der Waals surface area contributed by atoms with E-state index in [9.17, 15) is 9.59 Å². The van der Waals surface area contributed by atoms with E-state index in [4.69, 9.17) is 10.8 Å². The van der Waals surface area contributed by atoms with Gasteiger partial charge in [-0.25, -0.2) is 0 Å². The fourth-order valence-corrected chi connectivity index (χ4v) is 3.05. The molecule has 1 unspecified atom stereocenters. The molecule has 1 atom stereocenters. The smallest absolute Gasteiger partial charge is 0.320 e. The number of nitrogens with two attached hydrogens (primary N) is 1. The van der Waals surface area contributed by atoms with E-state index in [1.165, 1.54) is 11.1 Å². The summed E-state index contributed by atoms with van der Waals surface area (Å²) in [5, 5.41) is 11.8. The number of carbonyl (C=O) groups is 2. The van der Waals surface area contributed by atoms with Gasteiger partial charge in [-0.05, 0) is 47.2 Å². The fourth-order valence-electron chi connectivity index (χ4n) is 3.05. The predicted molar refractivity (Wildman–Crippen MR) is 114 cm³/mol. The van der Waals surface area contributed by atoms with Crippen LogP contribution in [0.1, 0.15) is 21.5 Å². The summed E-state index contributed by atoms with van der Waals surface area (Å²) in [5.74, 6) is -1.19. The Bertz CT molecular complexity index is 952. The van der Waals surface area contributed by atoms with Crippen LogP contribution in [0.3, 0.4) is 0 Å². The van der Waals surface area contributed by atoms with Crippen molar-refractivity contribution in [3.05, 3.63) is 95.6 Å². The summed E-state index contributed by atoms with van der Waals surface area (Å²) < 4.78 is 0. The van der Waals surface area contributed by atoms with E-state index >= 15 is 0 Å². The second-order valence-corrected chi connectivity index (χ2v) is 6.91. The molecule has 5 heteroatoms. The van der Waals surface area contributed by atoms with Gasteiger partial charge in [0.05, 0.1) is 0 Å². The van der Waals surface area contributed by atoms with E-state index in [0.29, 0.717) is 12.1 Å². The van der Waals surface area contributed by atoms with Crippen LogP contribution in [-0.4, -0.2) is 29.6 Å². The molecule has 0 heterocycles. The third-order valence-corrected chi connectivity index (χ3v) is 4.75. The van der Waals surface area contributed by atoms with Gasteiger partial charge in [0.15, 0.2) is 0 Å². The summed E-state index contributed by atoms with van der Waals surface area (Å²) in [5.41, 5.74) is 10.4. The van der Waals surface area contributed by atoms with Crippen molar-refractivity contribution in [1.29, 1.82) is 0 Å². The average Bonchev–Trinajstić information content (AvgIpc) is 2.75. The summed E-state index contributed by atoms with van der Waals surface area (Å²) in [6.07, 6.45) is 0.975. The van der Waals surface area contributed by atoms with Crippen molar-refractivity contribution in [1.82, 2.24) is 5.32 Å². The molecule has 3 aromatic carbocycles. The van der Waals surface area contributed by atoms with Crippen molar-refractivity contribution in [3.63, 3.8) is 0 Å². The lowest BCUT2D eigenvalue weighted by Crippen LogP contribution is -2.32. The first-order chi connectivity index (χ1) is 14.0. The third kappa shape index (κ3) is 5.77. The molecule has 0 aliphatic rings. The van der Waals surface area contributed by atoms with Gasteiger partial charge in [0.1, 0.15) is 6.04 Å². The molecular weight excluding hydrogens is 364 g/mol. The lowest BCUT2D eigenvalue weighted by molar-refractivity contribution is -0.138. The van der Waals surface area contributed by atoms with Crippen molar-refractivity contribution < 1.29 is 14.7 Å². The van der Waals surface area contributed by atoms with Crippen LogP contribution in [0, 0.1) is 0 Å². The van der Waals surface area contributed by atoms with Crippen LogP contribution >= 0.6 is 0 Å². The van der Waals surface area contributed by atoms with Crippen molar-refractivity contribution in [2.45, 2.75) is 18.9 Å². The number of carboxylic acid groups (broad SMARTS) is 1. The Hall–Kier alpha value is -3.44. The first-order valence-corrected chi connectivity index (χ1v) is 9.53. The number of nitrogens with one attached hydrogen (secondary N) is 1. The number of carboxylic acids is 1. The Morgan fingerprint density at radius 2 is 1.41 bits per heavy atom. The van der Waals surface area contributed by atoms with Crippen molar-refractivity contribution in [2.24, 2.45) is 5.73 Å². The number of hydrogen-bond acceptors (Lipinski definition) is 3. The van der Waals surface area contributed by atoms with Gasteiger partial charge in [0, 0.05) is 12.1 Å². The van der Waals surface area contributed by atoms with Crippen LogP contribution < -0.4 is 11.1 Å². The lowest BCUT2D eigenvalue weighted by atomic mass is 10.0. The van der Waals surface area contributed by atoms with Gasteiger partial charge in [0.2, 0.25) is 0 Å². The standard InChI is InChI=1S/C24H24N2O3/c25-22(24(28)29)16-18-8-12-21(13-9-18)23(27)26-15-14-17-6-10-20(11-7-17)19-4-2-1-3-5-19/h1-13,22H,14-16,25H2,(H,26,27)(H,28,29). The second-order valence-electron chi connectivity index (χ2n) is 6.91. The monoisotopic (exact) mass is 388 g/mol. The Kier molecular flexibility index (Phi) is 6.76. The molecule has 0 aliphatic heterocycles. The maximum absolute atomic E-state index is 12.3. The van der Waals surface area contributed by atoms with E-state index in [1.807, 2.05) is 18.2 Å². The number of benzene rings is 3. The Morgan fingerprint density at radius 1 is 0.828 bits per heavy atom. The largest absolute Gasteiger partial charge is 0.480 e. The van der Waals surface area contributed by atoms with E-state index in [0.717, 1.165) is 17.5 Å². The zero-order chi connectivity index (χ0) is 20.6. The fraction of sp³-hybridized carbons (Fsp3) is 0.167. The molecule has 3 rings (SSSR count). The zero-order valence-corrected chi connectivity index (χ0v) is 16.0. The van der Waals surface area contributed by atoms with Gasteiger partial charge in [-0.3, -0.25) is 9.59 Å². The highest BCUT2D eigenvalue weighted by Gasteiger charge is 2.12. The van der Waals surface area contributed by atoms with Gasteiger partial charge in [-0.15, -0.1) is 0 Å². The first kappa shape index (κ1) is 20.3. The number of aliphatic carboxylic acids is 1. The van der Waals surface area contributed by atoms with Gasteiger partial charge >= 0.3 is 5.97 Å². The molecule has 0 fully saturated rings. The minimum atomic E-state index is -1.04. The number of amides is 1. The van der Waals surface area contributed by atoms with Crippen LogP contribution in [0.4, 0.5) is 0 Å². The molecule has 5 nitrogen and oxygen atoms in total. The number of hydrogen-bond donors (Lipinski definition) is 3. The molecule has 0 radical (unpaired) electrons. The van der Waals surface area contributed by atoms with Crippen molar-refractivity contribution >= 4 is 11.9 Å². The minimum absolute atomic E-state index is 0.153. The van der Waals surface area contributed by atoms with E-state index in [1.54, 1.807) is 24.3 Å². The molecule has 148 valence electrons. The first-order valence-electron chi connectivity index (χ1n) is 9.53. The third-order valence-electron chi connectivity index (χ3n) is 4.75. The highest BCUT2D eigenvalue weighted by Crippen LogP contribution is 2.19. The highest BCUT2D eigenvalue weighted by atomic mass is 16.4. The zero-order valence-electron chi connectivity index (χ0n) is 16.0. The lowest BCUT2D eigenvalue weighted by Gasteiger charge is -2.09. The van der Waals surface area contributed by atoms with E-state index in [-0.39, 0.29) is 12.3 Å². The molecule has 0 bridgehead atoms. The maximum atomic E-state index is 12.3. The topological polar surface area (TPSA) is 92.4 Å². The van der Waals surface area contributed by atoms with Crippen LogP contribution in [0.25, 0.3) is 11.1 Å². The molecule has 29 heavy (non-hydrogen) atoms. The Labute approximate surface area is 170 Å². The number of rotatable bonds is 8. The SMILES string of the molecule is NC(Cc1ccc(C(=O)NCCc2ccc(-c3ccccc3)cc2)cc1)C(=O)O. The summed E-state index contributed by atoms with van der Waals surface area (Å²) in [6, 6.07) is 24.4. The predicted octanol–water partition coefficient (Wildman–Crippen LogP) is 3.28. The van der Waals surface area contributed by atoms with E-state index < -0.39 is 12.0 Å². The normalized spacial score (nSPS) is 11.6. The quantitative estimate of drug-likeness (QED) is 0.552. The second kappa shape index (κ2) is 9.66. The van der Waals surface area contributed by atoms with E-state index in [2.05, 4.69) is 41.7 Å². The summed E-state index contributed by atoms with van der Waals surface area (Å²) in [6.45, 7) is 0.537. The molecule has 0 saturated carbocycles. The summed E-state index contributed by atoms with van der Waals surface area (Å²) in [7, 11) is 0. The Balaban J connectivity index is 1.49. The summed E-state index contributed by atoms with van der Waals surface area (Å²) in [4.78, 5) is 23.1. The Morgan fingerprint density at radius 3 is 2.03 bits per heavy atom. The van der Waals surface area contributed by atoms with Gasteiger partial charge in [-0.1, -0.05) is 66.7 Å². The summed E-state index contributed by atoms with van der Waals surface area (Å²) >= 11 is 0. The molecule has 4 N–H and O–H groups in total.